The summed E-state index contributed by atoms with van der Waals surface area (Å²) >= 11 is 0. The molecule has 2 aliphatic rings. The van der Waals surface area contributed by atoms with Gasteiger partial charge in [-0.2, -0.15) is 0 Å². The molecule has 0 aromatic heterocycles. The van der Waals surface area contributed by atoms with Crippen LogP contribution in [0, 0.1) is 11.3 Å². The summed E-state index contributed by atoms with van der Waals surface area (Å²) in [6.07, 6.45) is 11.2. The summed E-state index contributed by atoms with van der Waals surface area (Å²) in [6.45, 7) is 3.17. The van der Waals surface area contributed by atoms with Gasteiger partial charge in [0, 0.05) is 12.0 Å². The standard InChI is InChI=1S/C14H25NO/c1-2-3-5-12-6-9-14(10-7-12)8-4-11-15-13(14)16/h12H,2-11H2,1H3,(H,15,16). The van der Waals surface area contributed by atoms with Crippen molar-refractivity contribution in [3.63, 3.8) is 0 Å². The lowest BCUT2D eigenvalue weighted by molar-refractivity contribution is -0.136. The molecule has 1 N–H and O–H groups in total. The number of hydrogen-bond acceptors (Lipinski definition) is 1. The number of rotatable bonds is 3. The highest BCUT2D eigenvalue weighted by molar-refractivity contribution is 5.83. The number of unbranched alkanes of at least 4 members (excludes halogenated alkanes) is 1. The predicted octanol–water partition coefficient (Wildman–Crippen LogP) is 3.26. The van der Waals surface area contributed by atoms with Crippen molar-refractivity contribution in [2.75, 3.05) is 6.54 Å². The third-order valence-electron chi connectivity index (χ3n) is 4.63. The van der Waals surface area contributed by atoms with Gasteiger partial charge in [-0.05, 0) is 44.4 Å². The van der Waals surface area contributed by atoms with Crippen LogP contribution in [-0.4, -0.2) is 12.5 Å². The minimum atomic E-state index is 0.0426. The van der Waals surface area contributed by atoms with Crippen molar-refractivity contribution in [3.05, 3.63) is 0 Å². The zero-order valence-corrected chi connectivity index (χ0v) is 10.6. The summed E-state index contributed by atoms with van der Waals surface area (Å²) in [5.41, 5.74) is 0.0426. The fraction of sp³-hybridized carbons (Fsp3) is 0.929. The van der Waals surface area contributed by atoms with E-state index in [0.29, 0.717) is 5.91 Å². The summed E-state index contributed by atoms with van der Waals surface area (Å²) in [5.74, 6) is 1.26. The van der Waals surface area contributed by atoms with Crippen molar-refractivity contribution in [2.45, 2.75) is 64.7 Å². The van der Waals surface area contributed by atoms with Gasteiger partial charge in [-0.15, -0.1) is 0 Å². The highest BCUT2D eigenvalue weighted by Gasteiger charge is 2.42. The van der Waals surface area contributed by atoms with E-state index < -0.39 is 0 Å². The molecule has 0 unspecified atom stereocenters. The lowest BCUT2D eigenvalue weighted by Gasteiger charge is -2.41. The zero-order valence-electron chi connectivity index (χ0n) is 10.6. The number of carbonyl (C=O) groups is 1. The molecule has 92 valence electrons. The first kappa shape index (κ1) is 11.9. The Morgan fingerprint density at radius 1 is 1.31 bits per heavy atom. The highest BCUT2D eigenvalue weighted by atomic mass is 16.2. The largest absolute Gasteiger partial charge is 0.356 e. The van der Waals surface area contributed by atoms with Gasteiger partial charge in [0.05, 0.1) is 0 Å². The lowest BCUT2D eigenvalue weighted by atomic mass is 9.65. The summed E-state index contributed by atoms with van der Waals surface area (Å²) < 4.78 is 0. The number of amides is 1. The monoisotopic (exact) mass is 223 g/mol. The van der Waals surface area contributed by atoms with Gasteiger partial charge >= 0.3 is 0 Å². The Labute approximate surface area is 99.2 Å². The van der Waals surface area contributed by atoms with Crippen LogP contribution >= 0.6 is 0 Å². The minimum Gasteiger partial charge on any atom is -0.356 e. The average Bonchev–Trinajstić information content (AvgIpc) is 2.32. The molecule has 1 aliphatic carbocycles. The van der Waals surface area contributed by atoms with Crippen LogP contribution in [0.5, 0.6) is 0 Å². The molecule has 0 aromatic carbocycles. The maximum absolute atomic E-state index is 12.0. The van der Waals surface area contributed by atoms with Gasteiger partial charge in [-0.25, -0.2) is 0 Å². The first-order chi connectivity index (χ1) is 7.77. The minimum absolute atomic E-state index is 0.0426. The predicted molar refractivity (Wildman–Crippen MR) is 66.2 cm³/mol. The molecule has 0 bridgehead atoms. The molecule has 0 radical (unpaired) electrons. The van der Waals surface area contributed by atoms with Crippen molar-refractivity contribution >= 4 is 5.91 Å². The van der Waals surface area contributed by atoms with Gasteiger partial charge < -0.3 is 5.32 Å². The number of carbonyl (C=O) groups excluding carboxylic acids is 1. The third kappa shape index (κ3) is 2.41. The third-order valence-corrected chi connectivity index (χ3v) is 4.63. The molecule has 1 spiro atoms. The summed E-state index contributed by atoms with van der Waals surface area (Å²) in [6, 6.07) is 0. The normalized spacial score (nSPS) is 35.1. The Morgan fingerprint density at radius 2 is 2.06 bits per heavy atom. The Hall–Kier alpha value is -0.530. The molecule has 16 heavy (non-hydrogen) atoms. The number of nitrogens with one attached hydrogen (secondary N) is 1. The Balaban J connectivity index is 1.85. The van der Waals surface area contributed by atoms with Crippen LogP contribution in [0.2, 0.25) is 0 Å². The summed E-state index contributed by atoms with van der Waals surface area (Å²) in [4.78, 5) is 12.0. The smallest absolute Gasteiger partial charge is 0.226 e. The fourth-order valence-corrected chi connectivity index (χ4v) is 3.42. The molecule has 2 rings (SSSR count). The second-order valence-corrected chi connectivity index (χ2v) is 5.73. The van der Waals surface area contributed by atoms with E-state index in [1.54, 1.807) is 0 Å². The van der Waals surface area contributed by atoms with Crippen molar-refractivity contribution in [1.29, 1.82) is 0 Å². The van der Waals surface area contributed by atoms with E-state index in [9.17, 15) is 4.79 Å². The van der Waals surface area contributed by atoms with E-state index in [-0.39, 0.29) is 5.41 Å². The molecule has 0 aromatic rings. The van der Waals surface area contributed by atoms with Crippen molar-refractivity contribution in [3.8, 4) is 0 Å². The van der Waals surface area contributed by atoms with E-state index >= 15 is 0 Å². The lowest BCUT2D eigenvalue weighted by Crippen LogP contribution is -2.47. The second-order valence-electron chi connectivity index (χ2n) is 5.73. The molecule has 0 atom stereocenters. The van der Waals surface area contributed by atoms with Crippen molar-refractivity contribution < 1.29 is 4.79 Å². The van der Waals surface area contributed by atoms with Gasteiger partial charge in [0.2, 0.25) is 5.91 Å². The van der Waals surface area contributed by atoms with Crippen LogP contribution in [0.4, 0.5) is 0 Å². The van der Waals surface area contributed by atoms with Gasteiger partial charge in [-0.3, -0.25) is 4.79 Å². The van der Waals surface area contributed by atoms with Crippen molar-refractivity contribution in [2.24, 2.45) is 11.3 Å². The first-order valence-corrected chi connectivity index (χ1v) is 7.05. The number of hydrogen-bond donors (Lipinski definition) is 1. The van der Waals surface area contributed by atoms with Gasteiger partial charge in [-0.1, -0.05) is 26.2 Å². The van der Waals surface area contributed by atoms with E-state index in [1.165, 1.54) is 38.5 Å². The second kappa shape index (κ2) is 5.20. The molecule has 1 amide bonds. The van der Waals surface area contributed by atoms with Crippen LogP contribution < -0.4 is 5.32 Å². The van der Waals surface area contributed by atoms with Crippen LogP contribution in [0.25, 0.3) is 0 Å². The summed E-state index contributed by atoms with van der Waals surface area (Å²) in [7, 11) is 0. The van der Waals surface area contributed by atoms with E-state index in [4.69, 9.17) is 0 Å². The van der Waals surface area contributed by atoms with E-state index in [2.05, 4.69) is 12.2 Å². The Bertz CT molecular complexity index is 241. The van der Waals surface area contributed by atoms with Gasteiger partial charge in [0.25, 0.3) is 0 Å². The fourth-order valence-electron chi connectivity index (χ4n) is 3.42. The van der Waals surface area contributed by atoms with E-state index in [0.717, 1.165) is 31.7 Å². The maximum atomic E-state index is 12.0. The SMILES string of the molecule is CCCCC1CCC2(CCCNC2=O)CC1. The van der Waals surface area contributed by atoms with Crippen LogP contribution in [-0.2, 0) is 4.79 Å². The van der Waals surface area contributed by atoms with Gasteiger partial charge in [0.15, 0.2) is 0 Å². The highest BCUT2D eigenvalue weighted by Crippen LogP contribution is 2.44. The maximum Gasteiger partial charge on any atom is 0.226 e. The van der Waals surface area contributed by atoms with E-state index in [1.807, 2.05) is 0 Å². The molecule has 1 aliphatic heterocycles. The molecule has 2 nitrogen and oxygen atoms in total. The van der Waals surface area contributed by atoms with Crippen molar-refractivity contribution in [1.82, 2.24) is 5.32 Å². The van der Waals surface area contributed by atoms with Gasteiger partial charge in [0.1, 0.15) is 0 Å². The van der Waals surface area contributed by atoms with Crippen LogP contribution in [0.1, 0.15) is 64.7 Å². The molecule has 1 saturated carbocycles. The topological polar surface area (TPSA) is 29.1 Å². The quantitative estimate of drug-likeness (QED) is 0.781. The molecule has 1 heterocycles. The number of piperidine rings is 1. The zero-order chi connectivity index (χ0) is 11.4. The molecule has 2 heteroatoms. The molecule has 2 fully saturated rings. The Kier molecular flexibility index (Phi) is 3.88. The first-order valence-electron chi connectivity index (χ1n) is 7.05. The summed E-state index contributed by atoms with van der Waals surface area (Å²) in [5, 5.41) is 3.06. The van der Waals surface area contributed by atoms with Crippen LogP contribution in [0.3, 0.4) is 0 Å². The van der Waals surface area contributed by atoms with Crippen LogP contribution in [0.15, 0.2) is 0 Å². The molecule has 1 saturated heterocycles. The average molecular weight is 223 g/mol. The molecular weight excluding hydrogens is 198 g/mol. The molecular formula is C14H25NO. The Morgan fingerprint density at radius 3 is 2.69 bits per heavy atom.